The van der Waals surface area contributed by atoms with Crippen LogP contribution in [0.15, 0.2) is 18.2 Å². The van der Waals surface area contributed by atoms with Crippen molar-refractivity contribution in [1.29, 1.82) is 0 Å². The van der Waals surface area contributed by atoms with Crippen LogP contribution in [-0.2, 0) is 4.79 Å². The van der Waals surface area contributed by atoms with Gasteiger partial charge in [0.25, 0.3) is 5.91 Å². The maximum absolute atomic E-state index is 12.0. The summed E-state index contributed by atoms with van der Waals surface area (Å²) in [6.45, 7) is 3.37. The van der Waals surface area contributed by atoms with E-state index in [-0.39, 0.29) is 23.0 Å². The number of hydrogen-bond acceptors (Lipinski definition) is 4. The normalized spacial score (nSPS) is 12.0. The first-order chi connectivity index (χ1) is 8.88. The zero-order valence-corrected chi connectivity index (χ0v) is 11.0. The van der Waals surface area contributed by atoms with Gasteiger partial charge in [-0.05, 0) is 18.1 Å². The van der Waals surface area contributed by atoms with E-state index in [1.54, 1.807) is 19.9 Å². The van der Waals surface area contributed by atoms with Crippen molar-refractivity contribution in [2.45, 2.75) is 19.9 Å². The molecule has 3 N–H and O–H groups in total. The van der Waals surface area contributed by atoms with Crippen LogP contribution < -0.4 is 10.1 Å². The largest absolute Gasteiger partial charge is 0.504 e. The summed E-state index contributed by atoms with van der Waals surface area (Å²) in [5, 5.41) is 21.2. The van der Waals surface area contributed by atoms with Crippen LogP contribution in [0.3, 0.4) is 0 Å². The molecule has 104 valence electrons. The third-order valence-corrected chi connectivity index (χ3v) is 2.68. The fourth-order valence-corrected chi connectivity index (χ4v) is 1.60. The van der Waals surface area contributed by atoms with Gasteiger partial charge in [-0.2, -0.15) is 0 Å². The number of aliphatic carboxylic acids is 1. The summed E-state index contributed by atoms with van der Waals surface area (Å²) in [4.78, 5) is 23.0. The van der Waals surface area contributed by atoms with Gasteiger partial charge in [0, 0.05) is 0 Å². The number of aromatic hydroxyl groups is 1. The molecule has 0 saturated carbocycles. The number of methoxy groups -OCH3 is 1. The summed E-state index contributed by atoms with van der Waals surface area (Å²) in [5.74, 6) is -2.20. The Bertz CT molecular complexity index is 484. The van der Waals surface area contributed by atoms with E-state index in [0.29, 0.717) is 0 Å². The smallest absolute Gasteiger partial charge is 0.326 e. The number of nitrogens with one attached hydrogen (secondary N) is 1. The molecule has 1 atom stereocenters. The van der Waals surface area contributed by atoms with Crippen molar-refractivity contribution >= 4 is 11.9 Å². The minimum atomic E-state index is -1.12. The average molecular weight is 267 g/mol. The zero-order valence-electron chi connectivity index (χ0n) is 11.0. The van der Waals surface area contributed by atoms with Crippen molar-refractivity contribution in [2.75, 3.05) is 7.11 Å². The standard InChI is InChI=1S/C13H17NO5/c1-7(2)10(13(17)18)14-12(16)8-5-4-6-9(19-3)11(8)15/h4-7,10,15H,1-3H3,(H,14,16)(H,17,18)/t10-/m1/s1. The highest BCUT2D eigenvalue weighted by molar-refractivity contribution is 5.99. The number of hydrogen-bond donors (Lipinski definition) is 3. The van der Waals surface area contributed by atoms with Crippen molar-refractivity contribution in [3.05, 3.63) is 23.8 Å². The number of phenols is 1. The van der Waals surface area contributed by atoms with Crippen LogP contribution in [-0.4, -0.2) is 35.2 Å². The molecule has 0 aliphatic rings. The maximum Gasteiger partial charge on any atom is 0.326 e. The third kappa shape index (κ3) is 3.37. The number of benzene rings is 1. The van der Waals surface area contributed by atoms with Gasteiger partial charge in [-0.1, -0.05) is 19.9 Å². The Balaban J connectivity index is 2.98. The fourth-order valence-electron chi connectivity index (χ4n) is 1.60. The lowest BCUT2D eigenvalue weighted by Gasteiger charge is -2.18. The molecule has 0 saturated heterocycles. The van der Waals surface area contributed by atoms with Gasteiger partial charge in [-0.15, -0.1) is 0 Å². The number of ether oxygens (including phenoxy) is 1. The van der Waals surface area contributed by atoms with Crippen LogP contribution in [0, 0.1) is 5.92 Å². The Kier molecular flexibility index (Phi) is 4.74. The number of rotatable bonds is 5. The lowest BCUT2D eigenvalue weighted by atomic mass is 10.0. The van der Waals surface area contributed by atoms with E-state index in [9.17, 15) is 14.7 Å². The van der Waals surface area contributed by atoms with Gasteiger partial charge in [-0.3, -0.25) is 4.79 Å². The van der Waals surface area contributed by atoms with E-state index in [1.165, 1.54) is 19.2 Å². The monoisotopic (exact) mass is 267 g/mol. The topological polar surface area (TPSA) is 95.9 Å². The van der Waals surface area contributed by atoms with Gasteiger partial charge in [0.2, 0.25) is 0 Å². The highest BCUT2D eigenvalue weighted by Gasteiger charge is 2.25. The summed E-state index contributed by atoms with van der Waals surface area (Å²) in [7, 11) is 1.37. The SMILES string of the molecule is COc1cccc(C(=O)N[C@@H](C(=O)O)C(C)C)c1O. The number of para-hydroxylation sites is 1. The lowest BCUT2D eigenvalue weighted by Crippen LogP contribution is -2.44. The summed E-state index contributed by atoms with van der Waals surface area (Å²) in [6.07, 6.45) is 0. The van der Waals surface area contributed by atoms with Crippen LogP contribution in [0.5, 0.6) is 11.5 Å². The van der Waals surface area contributed by atoms with Crippen molar-refractivity contribution in [2.24, 2.45) is 5.92 Å². The Morgan fingerprint density at radius 3 is 2.42 bits per heavy atom. The summed E-state index contributed by atoms with van der Waals surface area (Å²) in [6, 6.07) is 3.42. The average Bonchev–Trinajstić information content (AvgIpc) is 2.35. The molecule has 0 bridgehead atoms. The predicted molar refractivity (Wildman–Crippen MR) is 68.4 cm³/mol. The highest BCUT2D eigenvalue weighted by atomic mass is 16.5. The van der Waals surface area contributed by atoms with Crippen LogP contribution in [0.2, 0.25) is 0 Å². The van der Waals surface area contributed by atoms with E-state index >= 15 is 0 Å². The maximum atomic E-state index is 12.0. The molecule has 6 nitrogen and oxygen atoms in total. The second kappa shape index (κ2) is 6.08. The molecule has 1 amide bonds. The molecule has 19 heavy (non-hydrogen) atoms. The molecule has 1 aromatic rings. The van der Waals surface area contributed by atoms with E-state index in [0.717, 1.165) is 0 Å². The van der Waals surface area contributed by atoms with Gasteiger partial charge in [0.15, 0.2) is 11.5 Å². The van der Waals surface area contributed by atoms with E-state index in [2.05, 4.69) is 5.32 Å². The molecule has 0 heterocycles. The highest BCUT2D eigenvalue weighted by Crippen LogP contribution is 2.29. The number of amides is 1. The lowest BCUT2D eigenvalue weighted by molar-refractivity contribution is -0.140. The molecule has 0 aliphatic heterocycles. The summed E-state index contributed by atoms with van der Waals surface area (Å²) >= 11 is 0. The van der Waals surface area contributed by atoms with Gasteiger partial charge in [-0.25, -0.2) is 4.79 Å². The Hall–Kier alpha value is -2.24. The van der Waals surface area contributed by atoms with Crippen LogP contribution in [0.25, 0.3) is 0 Å². The molecular formula is C13H17NO5. The zero-order chi connectivity index (χ0) is 14.6. The molecule has 0 spiro atoms. The van der Waals surface area contributed by atoms with E-state index in [1.807, 2.05) is 0 Å². The Morgan fingerprint density at radius 2 is 1.95 bits per heavy atom. The summed E-state index contributed by atoms with van der Waals surface area (Å²) < 4.78 is 4.89. The quantitative estimate of drug-likeness (QED) is 0.746. The van der Waals surface area contributed by atoms with Crippen molar-refractivity contribution in [3.8, 4) is 11.5 Å². The van der Waals surface area contributed by atoms with Gasteiger partial charge in [0.1, 0.15) is 6.04 Å². The summed E-state index contributed by atoms with van der Waals surface area (Å²) in [5.41, 5.74) is -0.0220. The molecule has 0 radical (unpaired) electrons. The Labute approximate surface area is 111 Å². The van der Waals surface area contributed by atoms with E-state index < -0.39 is 17.9 Å². The van der Waals surface area contributed by atoms with Crippen LogP contribution in [0.1, 0.15) is 24.2 Å². The first kappa shape index (κ1) is 14.8. The molecule has 1 aromatic carbocycles. The molecule has 0 unspecified atom stereocenters. The molecule has 0 fully saturated rings. The van der Waals surface area contributed by atoms with Gasteiger partial charge in [0.05, 0.1) is 12.7 Å². The first-order valence-corrected chi connectivity index (χ1v) is 5.78. The number of carbonyl (C=O) groups is 2. The van der Waals surface area contributed by atoms with Crippen LogP contribution in [0.4, 0.5) is 0 Å². The third-order valence-electron chi connectivity index (χ3n) is 2.68. The predicted octanol–water partition coefficient (Wildman–Crippen LogP) is 1.24. The van der Waals surface area contributed by atoms with Crippen molar-refractivity contribution in [1.82, 2.24) is 5.32 Å². The Morgan fingerprint density at radius 1 is 1.32 bits per heavy atom. The molecule has 1 rings (SSSR count). The number of carbonyl (C=O) groups excluding carboxylic acids is 1. The molecule has 0 aliphatic carbocycles. The molecular weight excluding hydrogens is 250 g/mol. The fraction of sp³-hybridized carbons (Fsp3) is 0.385. The van der Waals surface area contributed by atoms with Crippen molar-refractivity contribution in [3.63, 3.8) is 0 Å². The molecule has 6 heteroatoms. The number of carboxylic acids is 1. The first-order valence-electron chi connectivity index (χ1n) is 5.78. The van der Waals surface area contributed by atoms with Gasteiger partial charge >= 0.3 is 5.97 Å². The molecule has 0 aromatic heterocycles. The second-order valence-electron chi connectivity index (χ2n) is 4.39. The van der Waals surface area contributed by atoms with Gasteiger partial charge < -0.3 is 20.3 Å². The number of carboxylic acid groups (broad SMARTS) is 1. The minimum absolute atomic E-state index is 0.0220. The second-order valence-corrected chi connectivity index (χ2v) is 4.39. The van der Waals surface area contributed by atoms with Crippen LogP contribution >= 0.6 is 0 Å². The number of phenolic OH excluding ortho intramolecular Hbond substituents is 1. The van der Waals surface area contributed by atoms with Crippen molar-refractivity contribution < 1.29 is 24.5 Å². The van der Waals surface area contributed by atoms with E-state index in [4.69, 9.17) is 9.84 Å². The minimum Gasteiger partial charge on any atom is -0.504 e.